The smallest absolute Gasteiger partial charge is 0.151 e. The Morgan fingerprint density at radius 2 is 2.00 bits per heavy atom. The van der Waals surface area contributed by atoms with Crippen molar-refractivity contribution in [2.75, 3.05) is 6.26 Å². The Labute approximate surface area is 95.6 Å². The molecule has 0 aliphatic heterocycles. The SMILES string of the molecule is Cc1cccc2c(CS(C)(=O)=O)cn(C)c12. The first kappa shape index (κ1) is 11.2. The lowest BCUT2D eigenvalue weighted by atomic mass is 10.1. The minimum absolute atomic E-state index is 0.105. The molecule has 3 nitrogen and oxygen atoms in total. The summed E-state index contributed by atoms with van der Waals surface area (Å²) in [6, 6.07) is 5.97. The number of fused-ring (bicyclic) bond motifs is 1. The van der Waals surface area contributed by atoms with Crippen molar-refractivity contribution < 1.29 is 8.42 Å². The van der Waals surface area contributed by atoms with Crippen LogP contribution in [0, 0.1) is 6.92 Å². The molecule has 0 fully saturated rings. The lowest BCUT2D eigenvalue weighted by Crippen LogP contribution is -1.99. The summed E-state index contributed by atoms with van der Waals surface area (Å²) in [5.74, 6) is 0.105. The molecule has 0 radical (unpaired) electrons. The van der Waals surface area contributed by atoms with Gasteiger partial charge in [-0.05, 0) is 18.1 Å². The number of sulfone groups is 1. The fourth-order valence-corrected chi connectivity index (χ4v) is 2.95. The second-order valence-corrected chi connectivity index (χ2v) is 6.45. The molecule has 0 spiro atoms. The number of benzene rings is 1. The van der Waals surface area contributed by atoms with Crippen LogP contribution in [0.4, 0.5) is 0 Å². The first-order chi connectivity index (χ1) is 7.38. The van der Waals surface area contributed by atoms with E-state index < -0.39 is 9.84 Å². The maximum Gasteiger partial charge on any atom is 0.151 e. The average Bonchev–Trinajstić information content (AvgIpc) is 2.42. The van der Waals surface area contributed by atoms with Crippen molar-refractivity contribution in [2.45, 2.75) is 12.7 Å². The van der Waals surface area contributed by atoms with E-state index in [2.05, 4.69) is 0 Å². The molecule has 0 atom stereocenters. The topological polar surface area (TPSA) is 39.1 Å². The summed E-state index contributed by atoms with van der Waals surface area (Å²) in [5, 5.41) is 1.04. The van der Waals surface area contributed by atoms with Crippen LogP contribution < -0.4 is 0 Å². The van der Waals surface area contributed by atoms with E-state index in [1.165, 1.54) is 11.8 Å². The maximum absolute atomic E-state index is 11.3. The zero-order valence-electron chi connectivity index (χ0n) is 9.69. The lowest BCUT2D eigenvalue weighted by Gasteiger charge is -2.00. The summed E-state index contributed by atoms with van der Waals surface area (Å²) in [6.07, 6.45) is 3.17. The average molecular weight is 237 g/mol. The fourth-order valence-electron chi connectivity index (χ4n) is 2.15. The number of hydrogen-bond acceptors (Lipinski definition) is 2. The molecule has 0 N–H and O–H groups in total. The number of aromatic nitrogens is 1. The molecule has 0 amide bonds. The highest BCUT2D eigenvalue weighted by Gasteiger charge is 2.12. The Balaban J connectivity index is 2.69. The molecule has 2 rings (SSSR count). The molecule has 4 heteroatoms. The molecule has 1 heterocycles. The van der Waals surface area contributed by atoms with E-state index in [-0.39, 0.29) is 5.75 Å². The molecule has 0 aliphatic rings. The molecule has 1 aromatic carbocycles. The molecule has 0 aliphatic carbocycles. The van der Waals surface area contributed by atoms with Crippen molar-refractivity contribution in [1.29, 1.82) is 0 Å². The molecule has 0 unspecified atom stereocenters. The van der Waals surface area contributed by atoms with Gasteiger partial charge < -0.3 is 4.57 Å². The molecular formula is C12H15NO2S. The van der Waals surface area contributed by atoms with Gasteiger partial charge in [0.1, 0.15) is 0 Å². The van der Waals surface area contributed by atoms with E-state index in [4.69, 9.17) is 0 Å². The fraction of sp³-hybridized carbons (Fsp3) is 0.333. The van der Waals surface area contributed by atoms with Gasteiger partial charge in [0, 0.05) is 24.9 Å². The molecule has 86 valence electrons. The molecular weight excluding hydrogens is 222 g/mol. The van der Waals surface area contributed by atoms with E-state index in [1.807, 2.05) is 42.9 Å². The van der Waals surface area contributed by atoms with Gasteiger partial charge in [0.25, 0.3) is 0 Å². The van der Waals surface area contributed by atoms with Crippen LogP contribution in [-0.2, 0) is 22.6 Å². The van der Waals surface area contributed by atoms with Crippen LogP contribution in [0.5, 0.6) is 0 Å². The van der Waals surface area contributed by atoms with E-state index in [9.17, 15) is 8.42 Å². The number of nitrogens with zero attached hydrogens (tertiary/aromatic N) is 1. The minimum Gasteiger partial charge on any atom is -0.350 e. The standard InChI is InChI=1S/C12H15NO2S/c1-9-5-4-6-11-10(8-16(3,14)15)7-13(2)12(9)11/h4-7H,8H2,1-3H3. The third kappa shape index (κ3) is 1.97. The van der Waals surface area contributed by atoms with Crippen molar-refractivity contribution in [3.8, 4) is 0 Å². The molecule has 0 saturated heterocycles. The van der Waals surface area contributed by atoms with Crippen molar-refractivity contribution in [1.82, 2.24) is 4.57 Å². The van der Waals surface area contributed by atoms with E-state index >= 15 is 0 Å². The van der Waals surface area contributed by atoms with Gasteiger partial charge in [0.15, 0.2) is 9.84 Å². The van der Waals surface area contributed by atoms with Gasteiger partial charge in [-0.1, -0.05) is 18.2 Å². The zero-order valence-corrected chi connectivity index (χ0v) is 10.5. The zero-order chi connectivity index (χ0) is 11.9. The predicted molar refractivity (Wildman–Crippen MR) is 66.2 cm³/mol. The van der Waals surface area contributed by atoms with E-state index in [1.54, 1.807) is 0 Å². The summed E-state index contributed by atoms with van der Waals surface area (Å²) < 4.78 is 24.6. The van der Waals surface area contributed by atoms with Gasteiger partial charge in [-0.15, -0.1) is 0 Å². The Kier molecular flexibility index (Phi) is 2.54. The second-order valence-electron chi connectivity index (χ2n) is 4.31. The summed E-state index contributed by atoms with van der Waals surface area (Å²) in [5.41, 5.74) is 3.16. The van der Waals surface area contributed by atoms with Gasteiger partial charge in [0.05, 0.1) is 11.3 Å². The van der Waals surface area contributed by atoms with Crippen molar-refractivity contribution in [3.05, 3.63) is 35.5 Å². The highest BCUT2D eigenvalue weighted by molar-refractivity contribution is 7.89. The number of hydrogen-bond donors (Lipinski definition) is 0. The highest BCUT2D eigenvalue weighted by Crippen LogP contribution is 2.24. The van der Waals surface area contributed by atoms with Crippen LogP contribution in [0.3, 0.4) is 0 Å². The lowest BCUT2D eigenvalue weighted by molar-refractivity contribution is 0.601. The predicted octanol–water partition coefficient (Wildman–Crippen LogP) is 2.03. The van der Waals surface area contributed by atoms with Gasteiger partial charge in [-0.2, -0.15) is 0 Å². The summed E-state index contributed by atoms with van der Waals surface area (Å²) in [7, 11) is -1.04. The van der Waals surface area contributed by atoms with Gasteiger partial charge in [-0.25, -0.2) is 8.42 Å². The van der Waals surface area contributed by atoms with Crippen LogP contribution in [0.15, 0.2) is 24.4 Å². The Morgan fingerprint density at radius 1 is 1.31 bits per heavy atom. The van der Waals surface area contributed by atoms with Crippen LogP contribution >= 0.6 is 0 Å². The van der Waals surface area contributed by atoms with Crippen molar-refractivity contribution >= 4 is 20.7 Å². The number of aryl methyl sites for hydroxylation is 2. The summed E-state index contributed by atoms with van der Waals surface area (Å²) in [6.45, 7) is 2.03. The van der Waals surface area contributed by atoms with Crippen LogP contribution in [0.25, 0.3) is 10.9 Å². The van der Waals surface area contributed by atoms with Crippen LogP contribution in [-0.4, -0.2) is 19.2 Å². The quantitative estimate of drug-likeness (QED) is 0.801. The molecule has 16 heavy (non-hydrogen) atoms. The molecule has 0 bridgehead atoms. The normalized spacial score (nSPS) is 12.2. The van der Waals surface area contributed by atoms with Crippen LogP contribution in [0.2, 0.25) is 0 Å². The van der Waals surface area contributed by atoms with Gasteiger partial charge >= 0.3 is 0 Å². The van der Waals surface area contributed by atoms with Crippen LogP contribution in [0.1, 0.15) is 11.1 Å². The van der Waals surface area contributed by atoms with E-state index in [0.29, 0.717) is 0 Å². The van der Waals surface area contributed by atoms with E-state index in [0.717, 1.165) is 16.5 Å². The number of para-hydroxylation sites is 1. The molecule has 2 aromatic rings. The minimum atomic E-state index is -2.98. The molecule has 1 aromatic heterocycles. The largest absolute Gasteiger partial charge is 0.350 e. The highest BCUT2D eigenvalue weighted by atomic mass is 32.2. The van der Waals surface area contributed by atoms with Gasteiger partial charge in [-0.3, -0.25) is 0 Å². The second kappa shape index (κ2) is 3.63. The maximum atomic E-state index is 11.3. The third-order valence-electron chi connectivity index (χ3n) is 2.70. The Hall–Kier alpha value is -1.29. The van der Waals surface area contributed by atoms with Gasteiger partial charge in [0.2, 0.25) is 0 Å². The first-order valence-corrected chi connectivity index (χ1v) is 7.16. The monoisotopic (exact) mass is 237 g/mol. The first-order valence-electron chi connectivity index (χ1n) is 5.10. The number of rotatable bonds is 2. The Bertz CT molecular complexity index is 638. The summed E-state index contributed by atoms with van der Waals surface area (Å²) in [4.78, 5) is 0. The summed E-state index contributed by atoms with van der Waals surface area (Å²) >= 11 is 0. The van der Waals surface area contributed by atoms with Crippen molar-refractivity contribution in [3.63, 3.8) is 0 Å². The molecule has 0 saturated carbocycles. The van der Waals surface area contributed by atoms with Crippen molar-refractivity contribution in [2.24, 2.45) is 7.05 Å². The third-order valence-corrected chi connectivity index (χ3v) is 3.54. The Morgan fingerprint density at radius 3 is 2.62 bits per heavy atom.